The van der Waals surface area contributed by atoms with E-state index in [1.807, 2.05) is 48.5 Å². The lowest BCUT2D eigenvalue weighted by molar-refractivity contribution is 0.710. The van der Waals surface area contributed by atoms with Gasteiger partial charge in [-0.3, -0.25) is 0 Å². The van der Waals surface area contributed by atoms with Gasteiger partial charge < -0.3 is 5.32 Å². The molecule has 0 aromatic heterocycles. The van der Waals surface area contributed by atoms with Gasteiger partial charge in [0, 0.05) is 11.6 Å². The summed E-state index contributed by atoms with van der Waals surface area (Å²) in [5.74, 6) is 0.149. The first-order chi connectivity index (χ1) is 8.81. The van der Waals surface area contributed by atoms with Crippen LogP contribution in [0.4, 0.5) is 5.69 Å². The van der Waals surface area contributed by atoms with Crippen LogP contribution in [0.5, 0.6) is 0 Å². The fourth-order valence-corrected chi connectivity index (χ4v) is 1.93. The van der Waals surface area contributed by atoms with E-state index in [2.05, 4.69) is 30.4 Å². The van der Waals surface area contributed by atoms with Crippen LogP contribution in [-0.2, 0) is 0 Å². The predicted octanol–water partition coefficient (Wildman–Crippen LogP) is 3.79. The summed E-state index contributed by atoms with van der Waals surface area (Å²) in [6.45, 7) is 2.07. The molecule has 2 rings (SSSR count). The van der Waals surface area contributed by atoms with Crippen molar-refractivity contribution in [1.82, 2.24) is 0 Å². The molecule has 2 aromatic rings. The molecule has 2 aromatic carbocycles. The normalized spacial score (nSPS) is 13.3. The Balaban J connectivity index is 2.13. The topological polar surface area (TPSA) is 35.8 Å². The summed E-state index contributed by atoms with van der Waals surface area (Å²) in [4.78, 5) is 0. The van der Waals surface area contributed by atoms with Crippen molar-refractivity contribution in [3.63, 3.8) is 0 Å². The average Bonchev–Trinajstić information content (AvgIpc) is 2.46. The quantitative estimate of drug-likeness (QED) is 0.876. The molecule has 2 heteroatoms. The second kappa shape index (κ2) is 5.88. The van der Waals surface area contributed by atoms with Crippen molar-refractivity contribution in [2.45, 2.75) is 18.9 Å². The molecule has 0 amide bonds. The Hall–Kier alpha value is -2.27. The Morgan fingerprint density at radius 1 is 0.944 bits per heavy atom. The molecule has 2 atom stereocenters. The van der Waals surface area contributed by atoms with Gasteiger partial charge in [-0.2, -0.15) is 5.26 Å². The molecule has 2 nitrogen and oxygen atoms in total. The lowest BCUT2D eigenvalue weighted by Crippen LogP contribution is -2.24. The van der Waals surface area contributed by atoms with Crippen molar-refractivity contribution in [3.8, 4) is 6.07 Å². The molecule has 0 aliphatic heterocycles. The lowest BCUT2D eigenvalue weighted by Gasteiger charge is -2.20. The van der Waals surface area contributed by atoms with Crippen molar-refractivity contribution >= 4 is 5.69 Å². The Morgan fingerprint density at radius 3 is 2.06 bits per heavy atom. The number of para-hydroxylation sites is 1. The number of benzene rings is 2. The van der Waals surface area contributed by atoms with Gasteiger partial charge in [-0.1, -0.05) is 55.5 Å². The van der Waals surface area contributed by atoms with Crippen LogP contribution in [0.15, 0.2) is 60.7 Å². The Kier molecular flexibility index (Phi) is 3.98. The van der Waals surface area contributed by atoms with Crippen LogP contribution >= 0.6 is 0 Å². The molecular weight excluding hydrogens is 220 g/mol. The van der Waals surface area contributed by atoms with Crippen molar-refractivity contribution < 1.29 is 0 Å². The number of nitriles is 1. The molecule has 18 heavy (non-hydrogen) atoms. The fraction of sp³-hybridized carbons (Fsp3) is 0.188. The second-order valence-corrected chi connectivity index (χ2v) is 4.32. The maximum Gasteiger partial charge on any atom is 0.121 e. The van der Waals surface area contributed by atoms with Crippen molar-refractivity contribution in [2.24, 2.45) is 0 Å². The zero-order chi connectivity index (χ0) is 12.8. The third kappa shape index (κ3) is 2.89. The summed E-state index contributed by atoms with van der Waals surface area (Å²) in [6, 6.07) is 22.1. The van der Waals surface area contributed by atoms with E-state index in [4.69, 9.17) is 0 Å². The van der Waals surface area contributed by atoms with Gasteiger partial charge in [0.2, 0.25) is 0 Å². The first-order valence-corrected chi connectivity index (χ1v) is 6.07. The standard InChI is InChI=1S/C16H16N2/c1-13(14-8-4-2-5-9-14)16(12-17)18-15-10-6-3-7-11-15/h2-11,13,16,18H,1H3. The highest BCUT2D eigenvalue weighted by Crippen LogP contribution is 2.21. The maximum absolute atomic E-state index is 9.31. The van der Waals surface area contributed by atoms with Gasteiger partial charge in [0.15, 0.2) is 0 Å². The Bertz CT molecular complexity index is 514. The van der Waals surface area contributed by atoms with Gasteiger partial charge in [-0.15, -0.1) is 0 Å². The van der Waals surface area contributed by atoms with E-state index in [1.54, 1.807) is 0 Å². The van der Waals surface area contributed by atoms with Gasteiger partial charge in [0.05, 0.1) is 6.07 Å². The molecule has 0 saturated carbocycles. The molecule has 0 bridgehead atoms. The Labute approximate surface area is 108 Å². The number of hydrogen-bond acceptors (Lipinski definition) is 2. The van der Waals surface area contributed by atoms with Crippen LogP contribution < -0.4 is 5.32 Å². The first kappa shape index (κ1) is 12.2. The van der Waals surface area contributed by atoms with Crippen molar-refractivity contribution in [2.75, 3.05) is 5.32 Å². The van der Waals surface area contributed by atoms with E-state index in [9.17, 15) is 5.26 Å². The number of hydrogen-bond donors (Lipinski definition) is 1. The van der Waals surface area contributed by atoms with Crippen LogP contribution in [0.1, 0.15) is 18.4 Å². The zero-order valence-electron chi connectivity index (χ0n) is 10.4. The molecular formula is C16H16N2. The molecule has 0 spiro atoms. The Morgan fingerprint density at radius 2 is 1.50 bits per heavy atom. The summed E-state index contributed by atoms with van der Waals surface area (Å²) in [6.07, 6.45) is 0. The van der Waals surface area contributed by atoms with Crippen LogP contribution in [0.25, 0.3) is 0 Å². The molecule has 0 aliphatic rings. The maximum atomic E-state index is 9.31. The second-order valence-electron chi connectivity index (χ2n) is 4.32. The minimum Gasteiger partial charge on any atom is -0.369 e. The zero-order valence-corrected chi connectivity index (χ0v) is 10.4. The van der Waals surface area contributed by atoms with E-state index in [1.165, 1.54) is 5.56 Å². The average molecular weight is 236 g/mol. The monoisotopic (exact) mass is 236 g/mol. The van der Waals surface area contributed by atoms with E-state index >= 15 is 0 Å². The summed E-state index contributed by atoms with van der Waals surface area (Å²) in [5.41, 5.74) is 2.15. The highest BCUT2D eigenvalue weighted by molar-refractivity contribution is 5.46. The third-order valence-electron chi connectivity index (χ3n) is 3.06. The molecule has 2 unspecified atom stereocenters. The van der Waals surface area contributed by atoms with Crippen LogP contribution in [0.3, 0.4) is 0 Å². The fourth-order valence-electron chi connectivity index (χ4n) is 1.93. The van der Waals surface area contributed by atoms with Crippen LogP contribution in [-0.4, -0.2) is 6.04 Å². The van der Waals surface area contributed by atoms with Crippen molar-refractivity contribution in [1.29, 1.82) is 5.26 Å². The highest BCUT2D eigenvalue weighted by atomic mass is 14.9. The summed E-state index contributed by atoms with van der Waals surface area (Å²) in [7, 11) is 0. The molecule has 0 fully saturated rings. The minimum absolute atomic E-state index is 0.149. The van der Waals surface area contributed by atoms with E-state index in [-0.39, 0.29) is 12.0 Å². The lowest BCUT2D eigenvalue weighted by atomic mass is 9.94. The van der Waals surface area contributed by atoms with Gasteiger partial charge in [0.25, 0.3) is 0 Å². The first-order valence-electron chi connectivity index (χ1n) is 6.07. The van der Waals surface area contributed by atoms with E-state index in [0.717, 1.165) is 5.69 Å². The molecule has 0 aliphatic carbocycles. The number of rotatable bonds is 4. The van der Waals surface area contributed by atoms with Gasteiger partial charge in [0.1, 0.15) is 6.04 Å². The summed E-state index contributed by atoms with van der Waals surface area (Å²) < 4.78 is 0. The van der Waals surface area contributed by atoms with Gasteiger partial charge in [-0.05, 0) is 17.7 Å². The molecule has 1 N–H and O–H groups in total. The molecule has 0 saturated heterocycles. The van der Waals surface area contributed by atoms with Crippen LogP contribution in [0.2, 0.25) is 0 Å². The van der Waals surface area contributed by atoms with Gasteiger partial charge in [-0.25, -0.2) is 0 Å². The molecule has 90 valence electrons. The van der Waals surface area contributed by atoms with Crippen LogP contribution in [0, 0.1) is 11.3 Å². The predicted molar refractivity (Wildman–Crippen MR) is 74.3 cm³/mol. The highest BCUT2D eigenvalue weighted by Gasteiger charge is 2.17. The number of nitrogens with zero attached hydrogens (tertiary/aromatic N) is 1. The smallest absolute Gasteiger partial charge is 0.121 e. The minimum atomic E-state index is -0.227. The molecule has 0 heterocycles. The summed E-state index contributed by atoms with van der Waals surface area (Å²) in [5, 5.41) is 12.6. The summed E-state index contributed by atoms with van der Waals surface area (Å²) >= 11 is 0. The van der Waals surface area contributed by atoms with Gasteiger partial charge >= 0.3 is 0 Å². The largest absolute Gasteiger partial charge is 0.369 e. The number of anilines is 1. The third-order valence-corrected chi connectivity index (χ3v) is 3.06. The number of nitrogens with one attached hydrogen (secondary N) is 1. The SMILES string of the molecule is CC(c1ccccc1)C(C#N)Nc1ccccc1. The van der Waals surface area contributed by atoms with Crippen molar-refractivity contribution in [3.05, 3.63) is 66.2 Å². The van der Waals surface area contributed by atoms with E-state index in [0.29, 0.717) is 0 Å². The van der Waals surface area contributed by atoms with E-state index < -0.39 is 0 Å². The molecule has 0 radical (unpaired) electrons.